The molecule has 0 spiro atoms. The van der Waals surface area contributed by atoms with Crippen LogP contribution in [-0.2, 0) is 4.74 Å². The molecule has 2 aromatic rings. The maximum absolute atomic E-state index is 8.79. The topological polar surface area (TPSA) is 42.2 Å². The normalized spacial score (nSPS) is 10.3. The van der Waals surface area contributed by atoms with E-state index in [-0.39, 0.29) is 0 Å². The molecule has 2 aromatic carbocycles. The quantitative estimate of drug-likeness (QED) is 0.589. The van der Waals surface area contributed by atoms with Crippen LogP contribution in [-0.4, -0.2) is 13.2 Å². The fraction of sp³-hybridized carbons (Fsp3) is 0.167. The van der Waals surface area contributed by atoms with Gasteiger partial charge in [-0.15, -0.1) is 0 Å². The Bertz CT molecular complexity index is 622. The summed E-state index contributed by atoms with van der Waals surface area (Å²) in [4.78, 5) is 0. The molecular weight excluding hydrogens is 262 g/mol. The van der Waals surface area contributed by atoms with Gasteiger partial charge in [-0.25, -0.2) is 0 Å². The molecule has 0 fully saturated rings. The van der Waals surface area contributed by atoms with Crippen molar-refractivity contribution in [2.45, 2.75) is 6.92 Å². The van der Waals surface area contributed by atoms with Crippen LogP contribution >= 0.6 is 0 Å². The van der Waals surface area contributed by atoms with Crippen LogP contribution < -0.4 is 4.74 Å². The van der Waals surface area contributed by atoms with Crippen molar-refractivity contribution in [3.63, 3.8) is 0 Å². The van der Waals surface area contributed by atoms with Gasteiger partial charge < -0.3 is 9.47 Å². The van der Waals surface area contributed by atoms with Gasteiger partial charge in [0.25, 0.3) is 0 Å². The van der Waals surface area contributed by atoms with Gasteiger partial charge in [0.1, 0.15) is 19.0 Å². The van der Waals surface area contributed by atoms with Crippen LogP contribution in [0.15, 0.2) is 60.9 Å². The summed E-state index contributed by atoms with van der Waals surface area (Å²) < 4.78 is 10.8. The summed E-state index contributed by atoms with van der Waals surface area (Å²) in [7, 11) is 0. The predicted molar refractivity (Wildman–Crippen MR) is 82.9 cm³/mol. The number of ether oxygens (including phenoxy) is 2. The van der Waals surface area contributed by atoms with Gasteiger partial charge in [0.2, 0.25) is 0 Å². The largest absolute Gasteiger partial charge is 0.498 e. The van der Waals surface area contributed by atoms with Crippen LogP contribution in [0.5, 0.6) is 5.75 Å². The molecule has 0 aliphatic rings. The Morgan fingerprint density at radius 1 is 0.952 bits per heavy atom. The van der Waals surface area contributed by atoms with E-state index in [4.69, 9.17) is 14.7 Å². The van der Waals surface area contributed by atoms with Crippen LogP contribution in [0.2, 0.25) is 0 Å². The fourth-order valence-corrected chi connectivity index (χ4v) is 1.85. The zero-order chi connectivity index (χ0) is 14.9. The zero-order valence-corrected chi connectivity index (χ0v) is 12.0. The first-order valence-electron chi connectivity index (χ1n) is 6.79. The van der Waals surface area contributed by atoms with Gasteiger partial charge in [-0.05, 0) is 42.3 Å². The minimum atomic E-state index is 0.514. The Balaban J connectivity index is 1.93. The Hall–Kier alpha value is -2.73. The molecule has 0 heterocycles. The van der Waals surface area contributed by atoms with E-state index in [0.717, 1.165) is 16.9 Å². The van der Waals surface area contributed by atoms with Gasteiger partial charge in [-0.2, -0.15) is 5.26 Å². The molecule has 0 bridgehead atoms. The lowest BCUT2D eigenvalue weighted by molar-refractivity contribution is 0.179. The number of rotatable bonds is 6. The first-order valence-corrected chi connectivity index (χ1v) is 6.79. The van der Waals surface area contributed by atoms with E-state index in [2.05, 4.69) is 6.07 Å². The first-order chi connectivity index (χ1) is 10.3. The maximum Gasteiger partial charge on any atom is 0.122 e. The molecule has 0 aliphatic carbocycles. The average Bonchev–Trinajstić information content (AvgIpc) is 2.55. The second-order valence-corrected chi connectivity index (χ2v) is 4.40. The van der Waals surface area contributed by atoms with Crippen LogP contribution in [0.3, 0.4) is 0 Å². The monoisotopic (exact) mass is 279 g/mol. The molecule has 2 rings (SSSR count). The number of nitrogens with zero attached hydrogens (tertiary/aromatic N) is 1. The molecular formula is C18H17NO2. The van der Waals surface area contributed by atoms with Gasteiger partial charge in [-0.3, -0.25) is 0 Å². The molecule has 0 atom stereocenters. The summed E-state index contributed by atoms with van der Waals surface area (Å²) >= 11 is 0. The summed E-state index contributed by atoms with van der Waals surface area (Å²) in [5.41, 5.74) is 2.84. The molecule has 3 heteroatoms. The van der Waals surface area contributed by atoms with Crippen LogP contribution in [0.25, 0.3) is 11.1 Å². The van der Waals surface area contributed by atoms with Crippen LogP contribution in [0, 0.1) is 11.3 Å². The van der Waals surface area contributed by atoms with Gasteiger partial charge in [-0.1, -0.05) is 30.3 Å². The molecule has 0 saturated carbocycles. The number of nitriles is 1. The third kappa shape index (κ3) is 4.39. The van der Waals surface area contributed by atoms with Crippen molar-refractivity contribution in [3.05, 3.63) is 66.4 Å². The molecule has 3 nitrogen and oxygen atoms in total. The lowest BCUT2D eigenvalue weighted by atomic mass is 10.0. The van der Waals surface area contributed by atoms with Crippen molar-refractivity contribution in [2.24, 2.45) is 0 Å². The highest BCUT2D eigenvalue weighted by Crippen LogP contribution is 2.22. The highest BCUT2D eigenvalue weighted by Gasteiger charge is 1.99. The predicted octanol–water partition coefficient (Wildman–Crippen LogP) is 4.15. The second-order valence-electron chi connectivity index (χ2n) is 4.40. The SMILES string of the molecule is CC=COCCOc1ccc(-c2ccc(C#N)cc2)cc1. The van der Waals surface area contributed by atoms with Crippen molar-refractivity contribution in [1.82, 2.24) is 0 Å². The van der Waals surface area contributed by atoms with Gasteiger partial charge in [0.15, 0.2) is 0 Å². The lowest BCUT2D eigenvalue weighted by Crippen LogP contribution is -2.03. The van der Waals surface area contributed by atoms with Crippen molar-refractivity contribution < 1.29 is 9.47 Å². The first kappa shape index (κ1) is 14.7. The second kappa shape index (κ2) is 7.76. The molecule has 0 saturated heterocycles. The van der Waals surface area contributed by atoms with E-state index in [1.54, 1.807) is 6.26 Å². The van der Waals surface area contributed by atoms with E-state index in [9.17, 15) is 0 Å². The molecule has 0 aliphatic heterocycles. The molecule has 21 heavy (non-hydrogen) atoms. The Morgan fingerprint density at radius 2 is 1.57 bits per heavy atom. The fourth-order valence-electron chi connectivity index (χ4n) is 1.85. The van der Waals surface area contributed by atoms with E-state index in [1.807, 2.05) is 61.5 Å². The van der Waals surface area contributed by atoms with Crippen molar-refractivity contribution in [1.29, 1.82) is 5.26 Å². The number of allylic oxidation sites excluding steroid dienone is 1. The highest BCUT2D eigenvalue weighted by molar-refractivity contribution is 5.64. The van der Waals surface area contributed by atoms with E-state index >= 15 is 0 Å². The Morgan fingerprint density at radius 3 is 2.14 bits per heavy atom. The number of benzene rings is 2. The Labute approximate surface area is 125 Å². The van der Waals surface area contributed by atoms with Crippen molar-refractivity contribution in [3.8, 4) is 22.9 Å². The molecule has 0 radical (unpaired) electrons. The van der Waals surface area contributed by atoms with Crippen LogP contribution in [0.1, 0.15) is 12.5 Å². The zero-order valence-electron chi connectivity index (χ0n) is 12.0. The molecule has 0 unspecified atom stereocenters. The summed E-state index contributed by atoms with van der Waals surface area (Å²) in [6.07, 6.45) is 3.49. The van der Waals surface area contributed by atoms with Crippen molar-refractivity contribution >= 4 is 0 Å². The lowest BCUT2D eigenvalue weighted by Gasteiger charge is -2.07. The van der Waals surface area contributed by atoms with Gasteiger partial charge in [0.05, 0.1) is 17.9 Å². The van der Waals surface area contributed by atoms with Gasteiger partial charge in [0, 0.05) is 0 Å². The Kier molecular flexibility index (Phi) is 5.42. The molecule has 0 amide bonds. The summed E-state index contributed by atoms with van der Waals surface area (Å²) in [5.74, 6) is 0.816. The van der Waals surface area contributed by atoms with E-state index in [1.165, 1.54) is 0 Å². The molecule has 0 aromatic heterocycles. The number of hydrogen-bond donors (Lipinski definition) is 0. The van der Waals surface area contributed by atoms with E-state index < -0.39 is 0 Å². The minimum absolute atomic E-state index is 0.514. The average molecular weight is 279 g/mol. The summed E-state index contributed by atoms with van der Waals surface area (Å²) in [5, 5.41) is 8.79. The molecule has 106 valence electrons. The molecule has 0 N–H and O–H groups in total. The van der Waals surface area contributed by atoms with Gasteiger partial charge >= 0.3 is 0 Å². The highest BCUT2D eigenvalue weighted by atomic mass is 16.5. The third-order valence-corrected chi connectivity index (χ3v) is 2.90. The minimum Gasteiger partial charge on any atom is -0.498 e. The maximum atomic E-state index is 8.79. The summed E-state index contributed by atoms with van der Waals surface area (Å²) in [6.45, 7) is 2.95. The standard InChI is InChI=1S/C18H17NO2/c1-2-11-20-12-13-21-18-9-7-17(8-10-18)16-5-3-15(14-19)4-6-16/h2-11H,12-13H2,1H3. The third-order valence-electron chi connectivity index (χ3n) is 2.90. The summed E-state index contributed by atoms with van der Waals surface area (Å²) in [6, 6.07) is 17.5. The smallest absolute Gasteiger partial charge is 0.122 e. The van der Waals surface area contributed by atoms with E-state index in [0.29, 0.717) is 18.8 Å². The number of hydrogen-bond acceptors (Lipinski definition) is 3. The van der Waals surface area contributed by atoms with Crippen LogP contribution in [0.4, 0.5) is 0 Å². The van der Waals surface area contributed by atoms with Crippen molar-refractivity contribution in [2.75, 3.05) is 13.2 Å².